The Morgan fingerprint density at radius 1 is 1.42 bits per heavy atom. The summed E-state index contributed by atoms with van der Waals surface area (Å²) < 4.78 is 6.42. The van der Waals surface area contributed by atoms with E-state index in [0.717, 1.165) is 15.7 Å². The van der Waals surface area contributed by atoms with Gasteiger partial charge in [-0.15, -0.1) is 0 Å². The SMILES string of the molecule is Cn1c(=O)c(C(=O)NCC(=O)O)c(O)c2cc(C3=CCOCC3)cnc21. The lowest BCUT2D eigenvalue weighted by atomic mass is 10.0. The third kappa shape index (κ3) is 3.16. The summed E-state index contributed by atoms with van der Waals surface area (Å²) in [5, 5.41) is 21.5. The molecule has 2 aromatic rings. The molecule has 0 saturated carbocycles. The number of nitrogens with zero attached hydrogens (tertiary/aromatic N) is 2. The van der Waals surface area contributed by atoms with E-state index in [2.05, 4.69) is 10.3 Å². The van der Waals surface area contributed by atoms with E-state index in [1.165, 1.54) is 7.05 Å². The van der Waals surface area contributed by atoms with Gasteiger partial charge in [-0.25, -0.2) is 4.98 Å². The molecule has 0 saturated heterocycles. The van der Waals surface area contributed by atoms with Crippen molar-refractivity contribution in [3.63, 3.8) is 0 Å². The Morgan fingerprint density at radius 3 is 2.85 bits per heavy atom. The Hall–Kier alpha value is -3.20. The van der Waals surface area contributed by atoms with Crippen molar-refractivity contribution in [1.29, 1.82) is 0 Å². The lowest BCUT2D eigenvalue weighted by molar-refractivity contribution is -0.135. The van der Waals surface area contributed by atoms with E-state index in [4.69, 9.17) is 9.84 Å². The van der Waals surface area contributed by atoms with E-state index in [1.807, 2.05) is 6.08 Å². The molecule has 3 N–H and O–H groups in total. The highest BCUT2D eigenvalue weighted by atomic mass is 16.5. The highest BCUT2D eigenvalue weighted by Crippen LogP contribution is 2.29. The molecule has 1 aliphatic heterocycles. The smallest absolute Gasteiger partial charge is 0.322 e. The van der Waals surface area contributed by atoms with Gasteiger partial charge in [0.2, 0.25) is 0 Å². The molecular formula is C17H17N3O6. The van der Waals surface area contributed by atoms with Gasteiger partial charge in [-0.3, -0.25) is 19.0 Å². The first kappa shape index (κ1) is 17.6. The second-order valence-electron chi connectivity index (χ2n) is 5.81. The molecule has 0 aliphatic carbocycles. The molecule has 26 heavy (non-hydrogen) atoms. The Kier molecular flexibility index (Phi) is 4.72. The summed E-state index contributed by atoms with van der Waals surface area (Å²) >= 11 is 0. The number of aryl methyl sites for hydroxylation is 1. The number of aliphatic carboxylic acids is 1. The molecule has 9 nitrogen and oxygen atoms in total. The van der Waals surface area contributed by atoms with Crippen LogP contribution in [0, 0.1) is 0 Å². The minimum Gasteiger partial charge on any atom is -0.506 e. The Bertz CT molecular complexity index is 992. The number of amides is 1. The van der Waals surface area contributed by atoms with E-state index in [9.17, 15) is 19.5 Å². The lowest BCUT2D eigenvalue weighted by Gasteiger charge is -2.15. The molecule has 1 amide bonds. The van der Waals surface area contributed by atoms with Crippen LogP contribution >= 0.6 is 0 Å². The van der Waals surface area contributed by atoms with Crippen LogP contribution in [-0.4, -0.2) is 51.4 Å². The average molecular weight is 359 g/mol. The number of carbonyl (C=O) groups excluding carboxylic acids is 1. The molecule has 2 aromatic heterocycles. The van der Waals surface area contributed by atoms with Crippen molar-refractivity contribution in [3.8, 4) is 5.75 Å². The molecule has 0 bridgehead atoms. The van der Waals surface area contributed by atoms with Gasteiger partial charge in [0.1, 0.15) is 23.5 Å². The van der Waals surface area contributed by atoms with Crippen molar-refractivity contribution in [1.82, 2.24) is 14.9 Å². The van der Waals surface area contributed by atoms with Crippen molar-refractivity contribution < 1.29 is 24.5 Å². The van der Waals surface area contributed by atoms with Gasteiger partial charge in [-0.1, -0.05) is 6.08 Å². The number of pyridine rings is 2. The van der Waals surface area contributed by atoms with Crippen molar-refractivity contribution >= 4 is 28.5 Å². The van der Waals surface area contributed by atoms with Crippen molar-refractivity contribution in [2.45, 2.75) is 6.42 Å². The number of fused-ring (bicyclic) bond motifs is 1. The van der Waals surface area contributed by atoms with E-state index in [1.54, 1.807) is 12.3 Å². The number of nitrogens with one attached hydrogen (secondary N) is 1. The first-order chi connectivity index (χ1) is 12.4. The largest absolute Gasteiger partial charge is 0.506 e. The molecule has 0 spiro atoms. The quantitative estimate of drug-likeness (QED) is 0.713. The Labute approximate surface area is 147 Å². The van der Waals surface area contributed by atoms with Gasteiger partial charge in [0, 0.05) is 13.2 Å². The van der Waals surface area contributed by atoms with Gasteiger partial charge in [0.25, 0.3) is 11.5 Å². The van der Waals surface area contributed by atoms with Gasteiger partial charge >= 0.3 is 5.97 Å². The first-order valence-corrected chi connectivity index (χ1v) is 7.89. The summed E-state index contributed by atoms with van der Waals surface area (Å²) in [6.07, 6.45) is 4.19. The molecule has 3 heterocycles. The standard InChI is InChI=1S/C17H17N3O6/c1-20-15-11(6-10(7-18-15)9-2-4-26-5-3-9)14(23)13(17(20)25)16(24)19-8-12(21)22/h2,6-7,23H,3-5,8H2,1H3,(H,19,24)(H,21,22). The second kappa shape index (κ2) is 6.96. The maximum atomic E-state index is 12.4. The number of aromatic nitrogens is 2. The van der Waals surface area contributed by atoms with E-state index < -0.39 is 35.3 Å². The second-order valence-corrected chi connectivity index (χ2v) is 5.81. The van der Waals surface area contributed by atoms with E-state index in [0.29, 0.717) is 19.6 Å². The fourth-order valence-electron chi connectivity index (χ4n) is 2.81. The van der Waals surface area contributed by atoms with Gasteiger partial charge < -0.3 is 20.3 Å². The number of carboxylic acid groups (broad SMARTS) is 1. The summed E-state index contributed by atoms with van der Waals surface area (Å²) in [5.41, 5.74) is 0.700. The highest BCUT2D eigenvalue weighted by Gasteiger charge is 2.22. The molecular weight excluding hydrogens is 342 g/mol. The summed E-state index contributed by atoms with van der Waals surface area (Å²) in [4.78, 5) is 39.4. The number of hydrogen-bond donors (Lipinski definition) is 3. The fourth-order valence-corrected chi connectivity index (χ4v) is 2.81. The van der Waals surface area contributed by atoms with Crippen LogP contribution < -0.4 is 10.9 Å². The van der Waals surface area contributed by atoms with Crippen LogP contribution in [0.2, 0.25) is 0 Å². The monoisotopic (exact) mass is 359 g/mol. The van der Waals surface area contributed by atoms with E-state index >= 15 is 0 Å². The predicted molar refractivity (Wildman–Crippen MR) is 92.0 cm³/mol. The van der Waals surface area contributed by atoms with Crippen LogP contribution in [0.1, 0.15) is 22.3 Å². The zero-order valence-corrected chi connectivity index (χ0v) is 14.0. The summed E-state index contributed by atoms with van der Waals surface area (Å²) in [7, 11) is 1.43. The Morgan fingerprint density at radius 2 is 2.19 bits per heavy atom. The van der Waals surface area contributed by atoms with Crippen molar-refractivity contribution in [2.24, 2.45) is 7.05 Å². The third-order valence-corrected chi connectivity index (χ3v) is 4.16. The Balaban J connectivity index is 2.14. The lowest BCUT2D eigenvalue weighted by Crippen LogP contribution is -2.35. The molecule has 3 rings (SSSR count). The number of ether oxygens (including phenoxy) is 1. The van der Waals surface area contributed by atoms with Crippen LogP contribution in [0.5, 0.6) is 5.75 Å². The fraction of sp³-hybridized carbons (Fsp3) is 0.294. The summed E-state index contributed by atoms with van der Waals surface area (Å²) in [5.74, 6) is -2.73. The highest BCUT2D eigenvalue weighted by molar-refractivity contribution is 6.02. The van der Waals surface area contributed by atoms with Gasteiger partial charge in [-0.2, -0.15) is 0 Å². The third-order valence-electron chi connectivity index (χ3n) is 4.16. The van der Waals surface area contributed by atoms with Crippen molar-refractivity contribution in [3.05, 3.63) is 39.8 Å². The number of rotatable bonds is 4. The van der Waals surface area contributed by atoms with E-state index in [-0.39, 0.29) is 11.0 Å². The number of carboxylic acids is 1. The molecule has 1 aliphatic rings. The van der Waals surface area contributed by atoms with Gasteiger partial charge in [0.15, 0.2) is 0 Å². The maximum Gasteiger partial charge on any atom is 0.322 e. The molecule has 9 heteroatoms. The first-order valence-electron chi connectivity index (χ1n) is 7.89. The average Bonchev–Trinajstić information content (AvgIpc) is 2.65. The van der Waals surface area contributed by atoms with Crippen LogP contribution in [0.15, 0.2) is 23.1 Å². The topological polar surface area (TPSA) is 131 Å². The molecule has 0 radical (unpaired) electrons. The van der Waals surface area contributed by atoms with Crippen LogP contribution in [-0.2, 0) is 16.6 Å². The minimum absolute atomic E-state index is 0.221. The number of hydrogen-bond acceptors (Lipinski definition) is 6. The predicted octanol–water partition coefficient (Wildman–Crippen LogP) is 0.257. The normalized spacial score (nSPS) is 14.1. The summed E-state index contributed by atoms with van der Waals surface area (Å²) in [6, 6.07) is 1.65. The zero-order valence-electron chi connectivity index (χ0n) is 14.0. The van der Waals surface area contributed by atoms with Crippen molar-refractivity contribution in [2.75, 3.05) is 19.8 Å². The number of carbonyl (C=O) groups is 2. The molecule has 0 fully saturated rings. The minimum atomic E-state index is -1.26. The van der Waals surface area contributed by atoms with Crippen LogP contribution in [0.25, 0.3) is 16.6 Å². The molecule has 136 valence electrons. The van der Waals surface area contributed by atoms with Crippen LogP contribution in [0.4, 0.5) is 0 Å². The summed E-state index contributed by atoms with van der Waals surface area (Å²) in [6.45, 7) is 0.395. The number of aromatic hydroxyl groups is 1. The molecule has 0 unspecified atom stereocenters. The van der Waals surface area contributed by atoms with Crippen LogP contribution in [0.3, 0.4) is 0 Å². The van der Waals surface area contributed by atoms with Gasteiger partial charge in [-0.05, 0) is 23.6 Å². The molecule has 0 atom stereocenters. The zero-order chi connectivity index (χ0) is 18.8. The maximum absolute atomic E-state index is 12.4. The molecule has 0 aromatic carbocycles. The van der Waals surface area contributed by atoms with Gasteiger partial charge in [0.05, 0.1) is 18.6 Å².